The van der Waals surface area contributed by atoms with Crippen LogP contribution in [-0.4, -0.2) is 27.5 Å². The Labute approximate surface area is 144 Å². The van der Waals surface area contributed by atoms with Crippen molar-refractivity contribution in [2.45, 2.75) is 18.9 Å². The number of nitrogens with zero attached hydrogens (tertiary/aromatic N) is 3. The van der Waals surface area contributed by atoms with Crippen LogP contribution < -0.4 is 0 Å². The van der Waals surface area contributed by atoms with E-state index in [1.54, 1.807) is 23.1 Å². The van der Waals surface area contributed by atoms with Gasteiger partial charge in [0.05, 0.1) is 5.56 Å². The van der Waals surface area contributed by atoms with Gasteiger partial charge >= 0.3 is 0 Å². The summed E-state index contributed by atoms with van der Waals surface area (Å²) in [6.07, 6.45) is 0.336. The number of likely N-dealkylation sites (tertiary alicyclic amines) is 1. The van der Waals surface area contributed by atoms with Crippen molar-refractivity contribution in [1.29, 1.82) is 0 Å². The monoisotopic (exact) mass is 337 g/mol. The number of aromatic nitrogens is 2. The van der Waals surface area contributed by atoms with E-state index in [0.29, 0.717) is 25.3 Å². The summed E-state index contributed by atoms with van der Waals surface area (Å²) >= 11 is 0. The number of halogens is 1. The van der Waals surface area contributed by atoms with Gasteiger partial charge in [-0.1, -0.05) is 47.6 Å². The van der Waals surface area contributed by atoms with Gasteiger partial charge in [-0.15, -0.1) is 0 Å². The summed E-state index contributed by atoms with van der Waals surface area (Å²) in [7, 11) is 0. The van der Waals surface area contributed by atoms with E-state index < -0.39 is 5.82 Å². The minimum absolute atomic E-state index is 0.0612. The number of carbonyl (C=O) groups is 1. The number of hydrogen-bond acceptors (Lipinski definition) is 4. The molecule has 5 nitrogen and oxygen atoms in total. The normalized spacial score (nSPS) is 17.2. The number of rotatable bonds is 4. The van der Waals surface area contributed by atoms with E-state index in [1.165, 1.54) is 6.07 Å². The molecule has 0 radical (unpaired) electrons. The SMILES string of the molecule is O=C1C[C@@H](c2noc(-c3ccccc3F)n2)CN1Cc1ccccc1. The van der Waals surface area contributed by atoms with E-state index in [1.807, 2.05) is 30.3 Å². The molecule has 2 aromatic carbocycles. The van der Waals surface area contributed by atoms with Crippen LogP contribution in [0.4, 0.5) is 4.39 Å². The topological polar surface area (TPSA) is 59.2 Å². The summed E-state index contributed by atoms with van der Waals surface area (Å²) in [6.45, 7) is 1.10. The Morgan fingerprint density at radius 1 is 1.12 bits per heavy atom. The van der Waals surface area contributed by atoms with Crippen LogP contribution >= 0.6 is 0 Å². The average molecular weight is 337 g/mol. The molecule has 6 heteroatoms. The molecule has 0 saturated carbocycles. The Balaban J connectivity index is 1.50. The summed E-state index contributed by atoms with van der Waals surface area (Å²) in [4.78, 5) is 18.4. The molecule has 126 valence electrons. The molecule has 25 heavy (non-hydrogen) atoms. The van der Waals surface area contributed by atoms with Gasteiger partial charge < -0.3 is 9.42 Å². The van der Waals surface area contributed by atoms with E-state index in [-0.39, 0.29) is 23.3 Å². The van der Waals surface area contributed by atoms with Crippen molar-refractivity contribution in [1.82, 2.24) is 15.0 Å². The molecule has 1 aliphatic heterocycles. The molecule has 0 N–H and O–H groups in total. The van der Waals surface area contributed by atoms with Crippen molar-refractivity contribution in [2.24, 2.45) is 0 Å². The van der Waals surface area contributed by atoms with E-state index >= 15 is 0 Å². The Kier molecular flexibility index (Phi) is 4.01. The highest BCUT2D eigenvalue weighted by molar-refractivity contribution is 5.79. The van der Waals surface area contributed by atoms with Crippen LogP contribution in [0.5, 0.6) is 0 Å². The lowest BCUT2D eigenvalue weighted by Gasteiger charge is -2.15. The smallest absolute Gasteiger partial charge is 0.260 e. The first-order chi connectivity index (χ1) is 12.2. The molecule has 0 unspecified atom stereocenters. The lowest BCUT2D eigenvalue weighted by Crippen LogP contribution is -2.24. The zero-order chi connectivity index (χ0) is 17.2. The van der Waals surface area contributed by atoms with E-state index in [2.05, 4.69) is 10.1 Å². The molecule has 1 fully saturated rings. The van der Waals surface area contributed by atoms with Crippen molar-refractivity contribution < 1.29 is 13.7 Å². The fourth-order valence-electron chi connectivity index (χ4n) is 3.05. The summed E-state index contributed by atoms with van der Waals surface area (Å²) in [6, 6.07) is 16.1. The van der Waals surface area contributed by atoms with Gasteiger partial charge in [-0.3, -0.25) is 4.79 Å². The zero-order valence-corrected chi connectivity index (χ0v) is 13.4. The molecule has 1 amide bonds. The Hall–Kier alpha value is -3.02. The van der Waals surface area contributed by atoms with Crippen LogP contribution in [0.3, 0.4) is 0 Å². The minimum atomic E-state index is -0.411. The molecular weight excluding hydrogens is 321 g/mol. The van der Waals surface area contributed by atoms with Crippen molar-refractivity contribution in [3.8, 4) is 11.5 Å². The van der Waals surface area contributed by atoms with Crippen LogP contribution in [-0.2, 0) is 11.3 Å². The predicted molar refractivity (Wildman–Crippen MR) is 88.9 cm³/mol. The number of carbonyl (C=O) groups excluding carboxylic acids is 1. The third-order valence-corrected chi connectivity index (χ3v) is 4.34. The second-order valence-electron chi connectivity index (χ2n) is 6.10. The van der Waals surface area contributed by atoms with Crippen LogP contribution in [0.1, 0.15) is 23.7 Å². The second kappa shape index (κ2) is 6.47. The fourth-order valence-corrected chi connectivity index (χ4v) is 3.05. The van der Waals surface area contributed by atoms with E-state index in [4.69, 9.17) is 4.52 Å². The molecule has 2 heterocycles. The third-order valence-electron chi connectivity index (χ3n) is 4.34. The summed E-state index contributed by atoms with van der Waals surface area (Å²) in [5.41, 5.74) is 1.35. The molecule has 0 bridgehead atoms. The first-order valence-corrected chi connectivity index (χ1v) is 8.11. The standard InChI is InChI=1S/C19H16FN3O2/c20-16-9-5-4-8-15(16)19-21-18(22-25-19)14-10-17(24)23(12-14)11-13-6-2-1-3-7-13/h1-9,14H,10-12H2/t14-/m1/s1. The molecule has 1 atom stereocenters. The van der Waals surface area contributed by atoms with Crippen molar-refractivity contribution >= 4 is 5.91 Å². The summed E-state index contributed by atoms with van der Waals surface area (Å²) in [5.74, 6) is 0.0988. The first-order valence-electron chi connectivity index (χ1n) is 8.11. The van der Waals surface area contributed by atoms with Gasteiger partial charge in [0.25, 0.3) is 5.89 Å². The predicted octanol–water partition coefficient (Wildman–Crippen LogP) is 3.39. The number of hydrogen-bond donors (Lipinski definition) is 0. The van der Waals surface area contributed by atoms with E-state index in [0.717, 1.165) is 5.56 Å². The highest BCUT2D eigenvalue weighted by Gasteiger charge is 2.33. The van der Waals surface area contributed by atoms with Gasteiger partial charge in [0, 0.05) is 25.4 Å². The van der Waals surface area contributed by atoms with Crippen LogP contribution in [0.15, 0.2) is 59.1 Å². The fraction of sp³-hybridized carbons (Fsp3) is 0.211. The van der Waals surface area contributed by atoms with Gasteiger partial charge in [0.1, 0.15) is 5.82 Å². The van der Waals surface area contributed by atoms with Gasteiger partial charge in [-0.05, 0) is 17.7 Å². The second-order valence-corrected chi connectivity index (χ2v) is 6.10. The third kappa shape index (κ3) is 3.15. The number of benzene rings is 2. The molecule has 0 spiro atoms. The molecule has 4 rings (SSSR count). The van der Waals surface area contributed by atoms with Gasteiger partial charge in [-0.25, -0.2) is 4.39 Å². The van der Waals surface area contributed by atoms with Gasteiger partial charge in [0.15, 0.2) is 5.82 Å². The van der Waals surface area contributed by atoms with Gasteiger partial charge in [-0.2, -0.15) is 4.98 Å². The quantitative estimate of drug-likeness (QED) is 0.732. The van der Waals surface area contributed by atoms with Crippen LogP contribution in [0.25, 0.3) is 11.5 Å². The van der Waals surface area contributed by atoms with Crippen molar-refractivity contribution in [2.75, 3.05) is 6.54 Å². The summed E-state index contributed by atoms with van der Waals surface area (Å²) < 4.78 is 19.0. The molecule has 1 saturated heterocycles. The minimum Gasteiger partial charge on any atom is -0.338 e. The highest BCUT2D eigenvalue weighted by Crippen LogP contribution is 2.29. The molecule has 3 aromatic rings. The molecular formula is C19H16FN3O2. The maximum absolute atomic E-state index is 13.8. The lowest BCUT2D eigenvalue weighted by atomic mass is 10.1. The number of amides is 1. The molecule has 1 aliphatic rings. The Morgan fingerprint density at radius 2 is 1.88 bits per heavy atom. The Morgan fingerprint density at radius 3 is 2.68 bits per heavy atom. The molecule has 1 aromatic heterocycles. The van der Waals surface area contributed by atoms with Crippen molar-refractivity contribution in [3.63, 3.8) is 0 Å². The maximum Gasteiger partial charge on any atom is 0.260 e. The first kappa shape index (κ1) is 15.5. The van der Waals surface area contributed by atoms with Crippen LogP contribution in [0.2, 0.25) is 0 Å². The van der Waals surface area contributed by atoms with Crippen molar-refractivity contribution in [3.05, 3.63) is 71.8 Å². The van der Waals surface area contributed by atoms with Crippen LogP contribution in [0, 0.1) is 5.82 Å². The molecule has 0 aliphatic carbocycles. The lowest BCUT2D eigenvalue weighted by molar-refractivity contribution is -0.128. The zero-order valence-electron chi connectivity index (χ0n) is 13.4. The summed E-state index contributed by atoms with van der Waals surface area (Å²) in [5, 5.41) is 3.96. The largest absolute Gasteiger partial charge is 0.338 e. The van der Waals surface area contributed by atoms with Gasteiger partial charge in [0.2, 0.25) is 5.91 Å². The highest BCUT2D eigenvalue weighted by atomic mass is 19.1. The Bertz CT molecular complexity index is 894. The maximum atomic E-state index is 13.8. The average Bonchev–Trinajstić information content (AvgIpc) is 3.24. The van der Waals surface area contributed by atoms with E-state index in [9.17, 15) is 9.18 Å².